The van der Waals surface area contributed by atoms with E-state index in [1.54, 1.807) is 13.2 Å². The van der Waals surface area contributed by atoms with Gasteiger partial charge in [-0.05, 0) is 106 Å². The van der Waals surface area contributed by atoms with Gasteiger partial charge in [-0.25, -0.2) is 5.43 Å². The van der Waals surface area contributed by atoms with Gasteiger partial charge in [0.2, 0.25) is 11.8 Å². The summed E-state index contributed by atoms with van der Waals surface area (Å²) in [6.45, 7) is 11.6. The Morgan fingerprint density at radius 3 is 2.42 bits per heavy atom. The maximum absolute atomic E-state index is 15.3. The molecule has 9 fully saturated rings. The summed E-state index contributed by atoms with van der Waals surface area (Å²) in [7, 11) is 1.58. The number of nitrogens with zero attached hydrogens (tertiary/aromatic N) is 8. The van der Waals surface area contributed by atoms with Crippen LogP contribution in [-0.4, -0.2) is 206 Å². The number of rotatable bonds is 12. The fraction of sp³-hybridized carbons (Fsp3) is 0.721. The Hall–Kier alpha value is -5.10. The van der Waals surface area contributed by atoms with Crippen LogP contribution in [0.2, 0.25) is 0 Å². The van der Waals surface area contributed by atoms with Crippen molar-refractivity contribution in [3.8, 4) is 11.3 Å². The quantitative estimate of drug-likeness (QED) is 0.159. The van der Waals surface area contributed by atoms with E-state index in [0.29, 0.717) is 117 Å². The lowest BCUT2D eigenvalue weighted by Crippen LogP contribution is -2.73. The summed E-state index contributed by atoms with van der Waals surface area (Å²) in [6, 6.07) is 5.99. The van der Waals surface area contributed by atoms with Gasteiger partial charge in [-0.2, -0.15) is 13.2 Å². The molecule has 3 aliphatic carbocycles. The Morgan fingerprint density at radius 1 is 0.904 bits per heavy atom. The van der Waals surface area contributed by atoms with E-state index in [-0.39, 0.29) is 55.2 Å². The number of anilines is 2. The number of pyridine rings is 1. The van der Waals surface area contributed by atoms with E-state index in [1.807, 2.05) is 50.1 Å². The number of hydrogen-bond acceptors (Lipinski definition) is 15. The van der Waals surface area contributed by atoms with Crippen molar-refractivity contribution in [1.29, 1.82) is 0 Å². The van der Waals surface area contributed by atoms with E-state index >= 15 is 22.8 Å². The van der Waals surface area contributed by atoms with Gasteiger partial charge >= 0.3 is 12.1 Å². The number of fused-ring (bicyclic) bond motifs is 6. The van der Waals surface area contributed by atoms with Gasteiger partial charge in [0.1, 0.15) is 30.3 Å². The minimum absolute atomic E-state index is 0.0550. The average molecular weight is 1160 g/mol. The monoisotopic (exact) mass is 1160 g/mol. The minimum atomic E-state index is -4.60. The number of methoxy groups -OCH3 is 1. The van der Waals surface area contributed by atoms with Crippen molar-refractivity contribution in [1.82, 2.24) is 45.3 Å². The number of piperazine rings is 1. The van der Waals surface area contributed by atoms with E-state index in [0.717, 1.165) is 63.2 Å². The normalized spacial score (nSPS) is 29.1. The summed E-state index contributed by atoms with van der Waals surface area (Å²) in [4.78, 5) is 74.3. The third-order valence-corrected chi connectivity index (χ3v) is 19.8. The zero-order valence-electron chi connectivity index (χ0n) is 48.7. The summed E-state index contributed by atoms with van der Waals surface area (Å²) in [5.74, 6) is -0.374. The number of nitrogens with one attached hydrogen (secondary N) is 3. The standard InChI is InChI=1S/C61H84F3N11O8/c1-37(80-4)50-45(27-42(30-65-50)70-20-18-69(19-21-70)40-13-14-40)54-46-29-59(2,3)36-82-58(79)47-10-7-17-75(68-47)56(77)48(28-43-31-71(22-24-81-43)41-15-16-49(44(46)26-41)74(54)35-61(62,63)64)66-55(76)53(39-8-5-6-9-39)72-23-25-83-60(32-72)33-73(34-60)57(78)52-51(67-52)38-11-12-38/h15-16,26-27,30,37-40,43,47-48,51-53,67-68H,5-14,17-25,28-29,31-36H2,1-4H3,(H,66,76)/t37-,43-,47-,48-,51?,52+,53?/m0/s1. The highest BCUT2D eigenvalue weighted by atomic mass is 19.4. The molecule has 2 aromatic heterocycles. The van der Waals surface area contributed by atoms with E-state index in [9.17, 15) is 9.59 Å². The highest BCUT2D eigenvalue weighted by molar-refractivity contribution is 5.95. The third-order valence-electron chi connectivity index (χ3n) is 19.8. The molecule has 1 aromatic carbocycles. The number of amides is 3. The highest BCUT2D eigenvalue weighted by Gasteiger charge is 2.58. The molecule has 7 atom stereocenters. The van der Waals surface area contributed by atoms with Crippen LogP contribution >= 0.6 is 0 Å². The molecule has 2 unspecified atom stereocenters. The number of carbonyl (C=O) groups is 4. The second-order valence-electron chi connectivity index (χ2n) is 26.7. The van der Waals surface area contributed by atoms with Crippen LogP contribution in [0.15, 0.2) is 30.5 Å². The molecule has 7 aliphatic heterocycles. The molecule has 6 saturated heterocycles. The Bertz CT molecular complexity index is 2930. The van der Waals surface area contributed by atoms with E-state index in [4.69, 9.17) is 23.9 Å². The maximum atomic E-state index is 15.3. The molecule has 19 nitrogen and oxygen atoms in total. The molecule has 22 heteroatoms. The number of morpholine rings is 2. The molecular formula is C61H84F3N11O8. The molecule has 3 amide bonds. The number of likely N-dealkylation sites (tertiary alicyclic amines) is 1. The van der Waals surface area contributed by atoms with Crippen molar-refractivity contribution >= 4 is 46.0 Å². The largest absolute Gasteiger partial charge is 0.464 e. The number of carbonyl (C=O) groups excluding carboxylic acids is 4. The summed E-state index contributed by atoms with van der Waals surface area (Å²) in [5, 5.41) is 8.79. The second-order valence-corrected chi connectivity index (χ2v) is 26.7. The number of esters is 1. The molecule has 83 heavy (non-hydrogen) atoms. The molecule has 9 heterocycles. The number of ether oxygens (including phenoxy) is 4. The van der Waals surface area contributed by atoms with Gasteiger partial charge < -0.3 is 43.5 Å². The van der Waals surface area contributed by atoms with Gasteiger partial charge in [-0.3, -0.25) is 44.3 Å². The van der Waals surface area contributed by atoms with Crippen LogP contribution in [0.4, 0.5) is 24.5 Å². The number of alkyl halides is 3. The number of hydrazine groups is 1. The molecule has 3 saturated carbocycles. The first kappa shape index (κ1) is 57.0. The fourth-order valence-corrected chi connectivity index (χ4v) is 15.0. The van der Waals surface area contributed by atoms with Crippen LogP contribution in [0.5, 0.6) is 0 Å². The lowest BCUT2D eigenvalue weighted by Gasteiger charge is -2.55. The summed E-state index contributed by atoms with van der Waals surface area (Å²) < 4.78 is 72.2. The Morgan fingerprint density at radius 2 is 1.69 bits per heavy atom. The van der Waals surface area contributed by atoms with Crippen molar-refractivity contribution in [2.75, 3.05) is 109 Å². The molecule has 1 spiro atoms. The first-order chi connectivity index (χ1) is 39.9. The molecule has 10 aliphatic rings. The van der Waals surface area contributed by atoms with Crippen molar-refractivity contribution in [2.24, 2.45) is 17.3 Å². The van der Waals surface area contributed by atoms with Gasteiger partial charge in [0, 0.05) is 112 Å². The smallest absolute Gasteiger partial charge is 0.406 e. The average Bonchev–Trinajstić information content (AvgIpc) is 4.49. The Kier molecular flexibility index (Phi) is 15.5. The first-order valence-corrected chi connectivity index (χ1v) is 31.0. The molecular weight excluding hydrogens is 1070 g/mol. The lowest BCUT2D eigenvalue weighted by atomic mass is 9.84. The predicted molar refractivity (Wildman–Crippen MR) is 304 cm³/mol. The fourth-order valence-electron chi connectivity index (χ4n) is 15.0. The number of hydrogen-bond donors (Lipinski definition) is 3. The van der Waals surface area contributed by atoms with Crippen molar-refractivity contribution in [3.05, 3.63) is 41.7 Å². The van der Waals surface area contributed by atoms with Gasteiger partial charge in [0.05, 0.1) is 74.4 Å². The first-order valence-electron chi connectivity index (χ1n) is 31.0. The van der Waals surface area contributed by atoms with E-state index < -0.39 is 60.0 Å². The molecule has 0 radical (unpaired) electrons. The van der Waals surface area contributed by atoms with Gasteiger partial charge in [0.25, 0.3) is 5.91 Å². The molecule has 3 N–H and O–H groups in total. The summed E-state index contributed by atoms with van der Waals surface area (Å²) in [5.41, 5.74) is 6.00. The van der Waals surface area contributed by atoms with Crippen LogP contribution < -0.4 is 25.9 Å². The molecule has 6 bridgehead atoms. The minimum Gasteiger partial charge on any atom is -0.464 e. The van der Waals surface area contributed by atoms with Gasteiger partial charge in [0.15, 0.2) is 0 Å². The SMILES string of the molecule is CO[C@@H](C)c1ncc(N2CCN(C3CC3)CC2)cc1-c1c2c3cc(ccc3n1CC(F)(F)F)N1CCO[C@@H](C[C@H](NC(=O)C(C3CCCC3)N3CCOC4(CN(C(=O)[C@@H]5NC5C5CC5)C4)C3)C(=O)N3CCC[C@H](N3)C(=O)OCC(C)(C)C2)C1. The summed E-state index contributed by atoms with van der Waals surface area (Å²) >= 11 is 0. The summed E-state index contributed by atoms with van der Waals surface area (Å²) in [6.07, 6.45) is 5.92. The number of benzene rings is 1. The molecule has 452 valence electrons. The zero-order valence-corrected chi connectivity index (χ0v) is 48.7. The van der Waals surface area contributed by atoms with Crippen LogP contribution in [0.25, 0.3) is 22.2 Å². The third kappa shape index (κ3) is 12.0. The zero-order chi connectivity index (χ0) is 57.5. The molecule has 3 aromatic rings. The van der Waals surface area contributed by atoms with Crippen molar-refractivity contribution < 1.29 is 51.3 Å². The van der Waals surface area contributed by atoms with Crippen LogP contribution in [0, 0.1) is 17.3 Å². The van der Waals surface area contributed by atoms with E-state index in [1.165, 1.54) is 35.3 Å². The number of aromatic nitrogens is 2. The maximum Gasteiger partial charge on any atom is 0.406 e. The van der Waals surface area contributed by atoms with Crippen molar-refractivity contribution in [3.63, 3.8) is 0 Å². The van der Waals surface area contributed by atoms with Crippen LogP contribution in [-0.2, 0) is 51.1 Å². The topological polar surface area (TPSA) is 188 Å². The Labute approximate surface area is 484 Å². The van der Waals surface area contributed by atoms with E-state index in [2.05, 4.69) is 35.7 Å². The Balaban J connectivity index is 0.828. The number of cyclic esters (lactones) is 1. The van der Waals surface area contributed by atoms with Crippen LogP contribution in [0.1, 0.15) is 109 Å². The van der Waals surface area contributed by atoms with Gasteiger partial charge in [-0.1, -0.05) is 26.7 Å². The van der Waals surface area contributed by atoms with Gasteiger partial charge in [-0.15, -0.1) is 0 Å². The lowest BCUT2D eigenvalue weighted by molar-refractivity contribution is -0.197. The van der Waals surface area contributed by atoms with Crippen LogP contribution in [0.3, 0.4) is 0 Å². The number of halogens is 3. The second kappa shape index (κ2) is 22.6. The molecule has 13 rings (SSSR count). The predicted octanol–water partition coefficient (Wildman–Crippen LogP) is 5.18. The van der Waals surface area contributed by atoms with Crippen molar-refractivity contribution in [2.45, 2.75) is 165 Å². The highest BCUT2D eigenvalue weighted by Crippen LogP contribution is 2.46.